The van der Waals surface area contributed by atoms with Gasteiger partial charge in [0.2, 0.25) is 0 Å². The summed E-state index contributed by atoms with van der Waals surface area (Å²) in [5.41, 5.74) is 1.71. The van der Waals surface area contributed by atoms with Crippen molar-refractivity contribution in [3.63, 3.8) is 0 Å². The van der Waals surface area contributed by atoms with Crippen LogP contribution >= 0.6 is 0 Å². The van der Waals surface area contributed by atoms with Gasteiger partial charge in [0.1, 0.15) is 17.2 Å². The Bertz CT molecular complexity index is 786. The van der Waals surface area contributed by atoms with Crippen LogP contribution < -0.4 is 5.32 Å². The van der Waals surface area contributed by atoms with Gasteiger partial charge in [-0.15, -0.1) is 10.2 Å². The summed E-state index contributed by atoms with van der Waals surface area (Å²) in [7, 11) is 0. The van der Waals surface area contributed by atoms with E-state index in [1.165, 1.54) is 0 Å². The van der Waals surface area contributed by atoms with E-state index in [9.17, 15) is 0 Å². The average molecular weight is 311 g/mol. The number of fused-ring (bicyclic) bond motifs is 2. The number of oxazole rings is 1. The van der Waals surface area contributed by atoms with E-state index in [1.807, 2.05) is 24.3 Å². The summed E-state index contributed by atoms with van der Waals surface area (Å²) in [6.45, 7) is 6.14. The molecule has 1 unspecified atom stereocenters. The monoisotopic (exact) mass is 311 g/mol. The number of hydrogen-bond acceptors (Lipinski definition) is 5. The Balaban J connectivity index is 1.44. The van der Waals surface area contributed by atoms with Crippen LogP contribution in [0.25, 0.3) is 11.1 Å². The van der Waals surface area contributed by atoms with Gasteiger partial charge in [0, 0.05) is 25.4 Å². The van der Waals surface area contributed by atoms with Crippen molar-refractivity contribution in [3.05, 3.63) is 35.9 Å². The lowest BCUT2D eigenvalue weighted by Gasteiger charge is -2.24. The Hall–Kier alpha value is -2.37. The maximum Gasteiger partial charge on any atom is 0.295 e. The fourth-order valence-corrected chi connectivity index (χ4v) is 3.19. The number of nitrogens with one attached hydrogen (secondary N) is 1. The van der Waals surface area contributed by atoms with Crippen LogP contribution in [0, 0.1) is 5.92 Å². The zero-order valence-electron chi connectivity index (χ0n) is 13.5. The van der Waals surface area contributed by atoms with Crippen molar-refractivity contribution in [2.45, 2.75) is 39.2 Å². The van der Waals surface area contributed by atoms with E-state index in [1.54, 1.807) is 0 Å². The highest BCUT2D eigenvalue weighted by atomic mass is 16.4. The van der Waals surface area contributed by atoms with E-state index >= 15 is 0 Å². The zero-order chi connectivity index (χ0) is 15.8. The molecule has 1 aliphatic rings. The van der Waals surface area contributed by atoms with Crippen molar-refractivity contribution < 1.29 is 4.42 Å². The van der Waals surface area contributed by atoms with Crippen LogP contribution in [-0.4, -0.2) is 26.3 Å². The van der Waals surface area contributed by atoms with Gasteiger partial charge in [-0.1, -0.05) is 26.0 Å². The van der Waals surface area contributed by atoms with Crippen LogP contribution in [0.1, 0.15) is 37.8 Å². The largest absolute Gasteiger partial charge is 0.424 e. The van der Waals surface area contributed by atoms with Crippen molar-refractivity contribution in [2.75, 3.05) is 11.9 Å². The normalized spacial score (nSPS) is 17.6. The third-order valence-corrected chi connectivity index (χ3v) is 4.43. The molecule has 23 heavy (non-hydrogen) atoms. The maximum absolute atomic E-state index is 5.72. The second-order valence-corrected chi connectivity index (χ2v) is 6.51. The molecule has 120 valence electrons. The molecule has 0 bridgehead atoms. The lowest BCUT2D eigenvalue weighted by Crippen LogP contribution is -2.27. The number of rotatable bonds is 4. The lowest BCUT2D eigenvalue weighted by molar-refractivity contribution is 0.369. The molecule has 4 rings (SSSR count). The molecule has 3 heterocycles. The molecule has 2 aromatic heterocycles. The first-order valence-electron chi connectivity index (χ1n) is 8.22. The smallest absolute Gasteiger partial charge is 0.295 e. The molecule has 1 N–H and O–H groups in total. The van der Waals surface area contributed by atoms with Gasteiger partial charge >= 0.3 is 0 Å². The van der Waals surface area contributed by atoms with Crippen LogP contribution in [-0.2, 0) is 13.0 Å². The van der Waals surface area contributed by atoms with E-state index in [0.29, 0.717) is 17.9 Å². The first kappa shape index (κ1) is 14.2. The highest BCUT2D eigenvalue weighted by Gasteiger charge is 2.24. The third kappa shape index (κ3) is 2.69. The first-order chi connectivity index (χ1) is 11.2. The van der Waals surface area contributed by atoms with E-state index in [4.69, 9.17) is 4.42 Å². The highest BCUT2D eigenvalue weighted by Crippen LogP contribution is 2.24. The molecule has 0 amide bonds. The summed E-state index contributed by atoms with van der Waals surface area (Å²) in [6.07, 6.45) is 2.10. The predicted octanol–water partition coefficient (Wildman–Crippen LogP) is 3.22. The van der Waals surface area contributed by atoms with Crippen molar-refractivity contribution in [2.24, 2.45) is 5.92 Å². The van der Waals surface area contributed by atoms with Gasteiger partial charge in [0.05, 0.1) is 0 Å². The minimum Gasteiger partial charge on any atom is -0.424 e. The Morgan fingerprint density at radius 3 is 3.00 bits per heavy atom. The summed E-state index contributed by atoms with van der Waals surface area (Å²) in [5, 5.41) is 12.0. The van der Waals surface area contributed by atoms with Crippen LogP contribution in [0.4, 0.5) is 6.01 Å². The van der Waals surface area contributed by atoms with Gasteiger partial charge in [-0.2, -0.15) is 4.98 Å². The SMILES string of the molecule is CC(C)c1nnc2n1CC(CNc1nc3ccccc3o1)CC2. The Morgan fingerprint density at radius 1 is 1.30 bits per heavy atom. The molecule has 0 fully saturated rings. The second-order valence-electron chi connectivity index (χ2n) is 6.51. The molecule has 0 spiro atoms. The van der Waals surface area contributed by atoms with Gasteiger partial charge in [0.25, 0.3) is 6.01 Å². The molecular formula is C17H21N5O. The number of aryl methyl sites for hydroxylation is 1. The Morgan fingerprint density at radius 2 is 2.17 bits per heavy atom. The molecule has 1 aromatic carbocycles. The number of anilines is 1. The standard InChI is InChI=1S/C17H21N5O/c1-11(2)16-21-20-15-8-7-12(10-22(15)16)9-18-17-19-13-5-3-4-6-14(13)23-17/h3-6,11-12H,7-10H2,1-2H3,(H,18,19). The van der Waals surface area contributed by atoms with E-state index < -0.39 is 0 Å². The molecule has 0 radical (unpaired) electrons. The number of benzene rings is 1. The van der Waals surface area contributed by atoms with E-state index in [-0.39, 0.29) is 0 Å². The third-order valence-electron chi connectivity index (χ3n) is 4.43. The lowest BCUT2D eigenvalue weighted by atomic mass is 9.99. The fraction of sp³-hybridized carbons (Fsp3) is 0.471. The topological polar surface area (TPSA) is 68.8 Å². The minimum atomic E-state index is 0.403. The van der Waals surface area contributed by atoms with Crippen LogP contribution in [0.5, 0.6) is 0 Å². The van der Waals surface area contributed by atoms with Crippen molar-refractivity contribution >= 4 is 17.1 Å². The highest BCUT2D eigenvalue weighted by molar-refractivity contribution is 5.74. The zero-order valence-corrected chi connectivity index (χ0v) is 13.5. The van der Waals surface area contributed by atoms with E-state index in [0.717, 1.165) is 48.7 Å². The van der Waals surface area contributed by atoms with Gasteiger partial charge < -0.3 is 14.3 Å². The Kier molecular flexibility index (Phi) is 3.52. The summed E-state index contributed by atoms with van der Waals surface area (Å²) in [4.78, 5) is 4.47. The van der Waals surface area contributed by atoms with Gasteiger partial charge in [-0.25, -0.2) is 0 Å². The molecule has 0 aliphatic carbocycles. The summed E-state index contributed by atoms with van der Waals surface area (Å²) in [6, 6.07) is 8.43. The maximum atomic E-state index is 5.72. The molecule has 0 saturated carbocycles. The molecular weight excluding hydrogens is 290 g/mol. The summed E-state index contributed by atoms with van der Waals surface area (Å²) in [5.74, 6) is 3.14. The minimum absolute atomic E-state index is 0.403. The predicted molar refractivity (Wildman–Crippen MR) is 88.4 cm³/mol. The van der Waals surface area contributed by atoms with Crippen LogP contribution in [0.3, 0.4) is 0 Å². The molecule has 3 aromatic rings. The summed E-state index contributed by atoms with van der Waals surface area (Å²) >= 11 is 0. The fourth-order valence-electron chi connectivity index (χ4n) is 3.19. The van der Waals surface area contributed by atoms with Crippen molar-refractivity contribution in [1.82, 2.24) is 19.7 Å². The molecule has 1 aliphatic heterocycles. The van der Waals surface area contributed by atoms with Crippen molar-refractivity contribution in [1.29, 1.82) is 0 Å². The number of nitrogens with zero attached hydrogens (tertiary/aromatic N) is 4. The Labute approximate surface area is 134 Å². The number of aromatic nitrogens is 4. The first-order valence-corrected chi connectivity index (χ1v) is 8.22. The van der Waals surface area contributed by atoms with Gasteiger partial charge in [-0.3, -0.25) is 0 Å². The molecule has 0 saturated heterocycles. The second kappa shape index (κ2) is 5.68. The van der Waals surface area contributed by atoms with Crippen molar-refractivity contribution in [3.8, 4) is 0 Å². The average Bonchev–Trinajstić information content (AvgIpc) is 3.15. The van der Waals surface area contributed by atoms with Gasteiger partial charge in [-0.05, 0) is 24.5 Å². The van der Waals surface area contributed by atoms with Crippen LogP contribution in [0.15, 0.2) is 28.7 Å². The number of para-hydroxylation sites is 2. The van der Waals surface area contributed by atoms with Gasteiger partial charge in [0.15, 0.2) is 5.58 Å². The summed E-state index contributed by atoms with van der Waals surface area (Å²) < 4.78 is 8.01. The molecule has 6 nitrogen and oxygen atoms in total. The van der Waals surface area contributed by atoms with Crippen LogP contribution in [0.2, 0.25) is 0 Å². The van der Waals surface area contributed by atoms with E-state index in [2.05, 4.69) is 38.9 Å². The molecule has 1 atom stereocenters. The number of hydrogen-bond donors (Lipinski definition) is 1. The molecule has 6 heteroatoms. The quantitative estimate of drug-likeness (QED) is 0.801.